The number of carboxylic acids is 1. The van der Waals surface area contributed by atoms with Gasteiger partial charge in [0.1, 0.15) is 0 Å². The first-order chi connectivity index (χ1) is 12.8. The van der Waals surface area contributed by atoms with Crippen molar-refractivity contribution in [3.63, 3.8) is 0 Å². The number of para-hydroxylation sites is 1. The summed E-state index contributed by atoms with van der Waals surface area (Å²) >= 11 is 0. The highest BCUT2D eigenvalue weighted by Crippen LogP contribution is 2.30. The summed E-state index contributed by atoms with van der Waals surface area (Å²) in [6.07, 6.45) is -3.45. The predicted molar refractivity (Wildman–Crippen MR) is 93.7 cm³/mol. The van der Waals surface area contributed by atoms with Crippen LogP contribution in [0.4, 0.5) is 13.2 Å². The van der Waals surface area contributed by atoms with Gasteiger partial charge in [0.25, 0.3) is 5.78 Å². The molecule has 0 atom stereocenters. The summed E-state index contributed by atoms with van der Waals surface area (Å²) in [5.74, 6) is -2.97. The van der Waals surface area contributed by atoms with E-state index in [9.17, 15) is 22.8 Å². The summed E-state index contributed by atoms with van der Waals surface area (Å²) in [7, 11) is 0. The van der Waals surface area contributed by atoms with E-state index in [0.29, 0.717) is 5.52 Å². The number of nitrogens with zero attached hydrogens (tertiary/aromatic N) is 1. The molecule has 0 fully saturated rings. The Morgan fingerprint density at radius 3 is 2.41 bits per heavy atom. The lowest BCUT2D eigenvalue weighted by atomic mass is 10.0. The second-order valence-electron chi connectivity index (χ2n) is 5.70. The number of aliphatic carboxylic acids is 1. The molecule has 0 radical (unpaired) electrons. The molecule has 3 rings (SSSR count). The molecule has 2 aromatic carbocycles. The standard InChI is InChI=1S/C20H12F3NO3/c21-20(22,23)14-6-3-4-12(10-14)11-15(18(25)19(26)27)17-9-8-13-5-1-2-7-16(13)24-17/h1-11H,(H,26,27)/b15-11-. The maximum atomic E-state index is 12.9. The molecule has 1 aromatic heterocycles. The highest BCUT2D eigenvalue weighted by Gasteiger charge is 2.30. The van der Waals surface area contributed by atoms with Crippen LogP contribution >= 0.6 is 0 Å². The first kappa shape index (κ1) is 18.3. The fourth-order valence-electron chi connectivity index (χ4n) is 2.56. The molecule has 0 bridgehead atoms. The van der Waals surface area contributed by atoms with E-state index >= 15 is 0 Å². The van der Waals surface area contributed by atoms with Gasteiger partial charge in [-0.25, -0.2) is 9.78 Å². The van der Waals surface area contributed by atoms with Crippen molar-refractivity contribution in [2.45, 2.75) is 6.18 Å². The van der Waals surface area contributed by atoms with Crippen LogP contribution in [-0.4, -0.2) is 21.8 Å². The van der Waals surface area contributed by atoms with Crippen LogP contribution in [-0.2, 0) is 15.8 Å². The van der Waals surface area contributed by atoms with Crippen molar-refractivity contribution in [3.8, 4) is 0 Å². The van der Waals surface area contributed by atoms with Crippen LogP contribution in [0.2, 0.25) is 0 Å². The van der Waals surface area contributed by atoms with E-state index in [4.69, 9.17) is 5.11 Å². The molecule has 0 unspecified atom stereocenters. The largest absolute Gasteiger partial charge is 0.475 e. The lowest BCUT2D eigenvalue weighted by Crippen LogP contribution is -2.15. The molecule has 27 heavy (non-hydrogen) atoms. The Morgan fingerprint density at radius 2 is 1.70 bits per heavy atom. The minimum atomic E-state index is -4.55. The zero-order chi connectivity index (χ0) is 19.6. The molecular weight excluding hydrogens is 359 g/mol. The summed E-state index contributed by atoms with van der Waals surface area (Å²) in [6, 6.07) is 14.4. The number of benzene rings is 2. The van der Waals surface area contributed by atoms with Gasteiger partial charge in [0, 0.05) is 5.39 Å². The van der Waals surface area contributed by atoms with Crippen LogP contribution in [0, 0.1) is 0 Å². The molecule has 0 aliphatic heterocycles. The molecule has 1 N–H and O–H groups in total. The van der Waals surface area contributed by atoms with Gasteiger partial charge in [-0.1, -0.05) is 36.4 Å². The van der Waals surface area contributed by atoms with Crippen molar-refractivity contribution in [2.24, 2.45) is 0 Å². The number of Topliss-reactive ketones (excluding diaryl/α,β-unsaturated/α-hetero) is 1. The molecule has 1 heterocycles. The highest BCUT2D eigenvalue weighted by molar-refractivity contribution is 6.52. The third-order valence-corrected chi connectivity index (χ3v) is 3.84. The fraction of sp³-hybridized carbons (Fsp3) is 0.0500. The average Bonchev–Trinajstić information content (AvgIpc) is 2.64. The molecule has 0 spiro atoms. The molecule has 0 amide bonds. The Morgan fingerprint density at radius 1 is 0.963 bits per heavy atom. The number of hydrogen-bond donors (Lipinski definition) is 1. The van der Waals surface area contributed by atoms with Gasteiger partial charge in [0.05, 0.1) is 22.3 Å². The van der Waals surface area contributed by atoms with E-state index in [2.05, 4.69) is 4.98 Å². The Labute approximate surface area is 151 Å². The van der Waals surface area contributed by atoms with Gasteiger partial charge in [-0.2, -0.15) is 13.2 Å². The van der Waals surface area contributed by atoms with Gasteiger partial charge in [-0.3, -0.25) is 4.79 Å². The van der Waals surface area contributed by atoms with E-state index in [1.807, 2.05) is 0 Å². The number of carbonyl (C=O) groups excluding carboxylic acids is 1. The van der Waals surface area contributed by atoms with E-state index in [0.717, 1.165) is 23.6 Å². The second kappa shape index (κ2) is 7.03. The van der Waals surface area contributed by atoms with Crippen molar-refractivity contribution in [1.82, 2.24) is 4.98 Å². The maximum Gasteiger partial charge on any atom is 0.416 e. The lowest BCUT2D eigenvalue weighted by Gasteiger charge is -2.09. The van der Waals surface area contributed by atoms with Crippen LogP contribution in [0.5, 0.6) is 0 Å². The number of fused-ring (bicyclic) bond motifs is 1. The van der Waals surface area contributed by atoms with Crippen molar-refractivity contribution < 1.29 is 27.9 Å². The van der Waals surface area contributed by atoms with E-state index in [-0.39, 0.29) is 16.8 Å². The molecule has 0 saturated carbocycles. The monoisotopic (exact) mass is 371 g/mol. The molecule has 0 aliphatic carbocycles. The van der Waals surface area contributed by atoms with Crippen molar-refractivity contribution >= 4 is 34.3 Å². The predicted octanol–water partition coefficient (Wildman–Crippen LogP) is 4.45. The normalized spacial score (nSPS) is 12.2. The first-order valence-electron chi connectivity index (χ1n) is 7.78. The number of pyridine rings is 1. The summed E-state index contributed by atoms with van der Waals surface area (Å²) < 4.78 is 38.7. The number of ketones is 1. The number of halogens is 3. The summed E-state index contributed by atoms with van der Waals surface area (Å²) in [5.41, 5.74) is -0.552. The Bertz CT molecular complexity index is 1070. The van der Waals surface area contributed by atoms with Gasteiger partial charge >= 0.3 is 12.1 Å². The first-order valence-corrected chi connectivity index (χ1v) is 7.78. The minimum absolute atomic E-state index is 0.0457. The van der Waals surface area contributed by atoms with Crippen LogP contribution in [0.3, 0.4) is 0 Å². The Kier molecular flexibility index (Phi) is 4.77. The van der Waals surface area contributed by atoms with Gasteiger partial charge in [-0.05, 0) is 35.9 Å². The SMILES string of the molecule is O=C(O)C(=O)/C(=C\c1cccc(C(F)(F)F)c1)c1ccc2ccccc2n1. The van der Waals surface area contributed by atoms with Crippen LogP contribution in [0.15, 0.2) is 60.7 Å². The number of hydrogen-bond acceptors (Lipinski definition) is 3. The topological polar surface area (TPSA) is 67.3 Å². The van der Waals surface area contributed by atoms with Gasteiger partial charge in [0.2, 0.25) is 0 Å². The van der Waals surface area contributed by atoms with Gasteiger partial charge in [-0.15, -0.1) is 0 Å². The fourth-order valence-corrected chi connectivity index (χ4v) is 2.56. The number of rotatable bonds is 4. The van der Waals surface area contributed by atoms with Crippen molar-refractivity contribution in [1.29, 1.82) is 0 Å². The molecule has 0 saturated heterocycles. The minimum Gasteiger partial charge on any atom is -0.475 e. The maximum absolute atomic E-state index is 12.9. The van der Waals surface area contributed by atoms with Gasteiger partial charge in [0.15, 0.2) is 0 Å². The Balaban J connectivity index is 2.15. The van der Waals surface area contributed by atoms with Crippen LogP contribution in [0.1, 0.15) is 16.8 Å². The quantitative estimate of drug-likeness (QED) is 0.544. The molecule has 4 nitrogen and oxygen atoms in total. The summed E-state index contributed by atoms with van der Waals surface area (Å²) in [5, 5.41) is 9.87. The highest BCUT2D eigenvalue weighted by atomic mass is 19.4. The van der Waals surface area contributed by atoms with Crippen molar-refractivity contribution in [3.05, 3.63) is 77.5 Å². The van der Waals surface area contributed by atoms with E-state index in [1.165, 1.54) is 18.2 Å². The smallest absolute Gasteiger partial charge is 0.416 e. The number of alkyl halides is 3. The number of carboxylic acid groups (broad SMARTS) is 1. The summed E-state index contributed by atoms with van der Waals surface area (Å²) in [4.78, 5) is 27.6. The molecular formula is C20H12F3NO3. The van der Waals surface area contributed by atoms with Crippen LogP contribution < -0.4 is 0 Å². The third kappa shape index (κ3) is 4.03. The second-order valence-corrected chi connectivity index (χ2v) is 5.70. The summed E-state index contributed by atoms with van der Waals surface area (Å²) in [6.45, 7) is 0. The molecule has 7 heteroatoms. The average molecular weight is 371 g/mol. The van der Waals surface area contributed by atoms with E-state index in [1.54, 1.807) is 30.3 Å². The number of carbonyl (C=O) groups is 2. The molecule has 0 aliphatic rings. The Hall–Kier alpha value is -3.48. The molecule has 136 valence electrons. The van der Waals surface area contributed by atoms with Crippen LogP contribution in [0.25, 0.3) is 22.6 Å². The van der Waals surface area contributed by atoms with Gasteiger partial charge < -0.3 is 5.11 Å². The molecule has 3 aromatic rings. The zero-order valence-electron chi connectivity index (χ0n) is 13.7. The third-order valence-electron chi connectivity index (χ3n) is 3.84. The van der Waals surface area contributed by atoms with Crippen molar-refractivity contribution in [2.75, 3.05) is 0 Å². The number of aromatic nitrogens is 1. The lowest BCUT2D eigenvalue weighted by molar-refractivity contribution is -0.146. The zero-order valence-corrected chi connectivity index (χ0v) is 13.7. The van der Waals surface area contributed by atoms with E-state index < -0.39 is 23.5 Å².